The summed E-state index contributed by atoms with van der Waals surface area (Å²) in [5.74, 6) is -0.590. The standard InChI is InChI=1S/C20H22N4O4S/c1-13-6-3-8-16(14(13)2)21-20(25)15-7-5-11-24(12-15)29(26,27)18-10-4-9-17-19(18)23-28-22-17/h3-4,6,8-10,15H,5,7,11-12H2,1-2H3,(H,21,25)/t15-/m1/s1. The second-order valence-corrected chi connectivity index (χ2v) is 9.23. The second kappa shape index (κ2) is 7.57. The van der Waals surface area contributed by atoms with Gasteiger partial charge in [-0.1, -0.05) is 18.2 Å². The summed E-state index contributed by atoms with van der Waals surface area (Å²) in [4.78, 5) is 12.9. The summed E-state index contributed by atoms with van der Waals surface area (Å²) in [6, 6.07) is 10.5. The minimum Gasteiger partial charge on any atom is -0.326 e. The number of sulfonamides is 1. The van der Waals surface area contributed by atoms with E-state index in [1.54, 1.807) is 12.1 Å². The number of carbonyl (C=O) groups excluding carboxylic acids is 1. The fraction of sp³-hybridized carbons (Fsp3) is 0.350. The summed E-state index contributed by atoms with van der Waals surface area (Å²) in [6.45, 7) is 4.42. The zero-order valence-corrected chi connectivity index (χ0v) is 17.1. The normalized spacial score (nSPS) is 18.1. The monoisotopic (exact) mass is 414 g/mol. The Bertz CT molecular complexity index is 1170. The van der Waals surface area contributed by atoms with Crippen LogP contribution in [0, 0.1) is 19.8 Å². The van der Waals surface area contributed by atoms with Crippen LogP contribution in [0.4, 0.5) is 5.69 Å². The number of anilines is 1. The number of amides is 1. The molecule has 3 aromatic rings. The van der Waals surface area contributed by atoms with Crippen molar-refractivity contribution in [3.05, 3.63) is 47.5 Å². The smallest absolute Gasteiger partial charge is 0.245 e. The molecule has 0 radical (unpaired) electrons. The molecule has 1 fully saturated rings. The molecular formula is C20H22N4O4S. The number of fused-ring (bicyclic) bond motifs is 1. The van der Waals surface area contributed by atoms with Gasteiger partial charge >= 0.3 is 0 Å². The lowest BCUT2D eigenvalue weighted by atomic mass is 9.98. The molecule has 0 bridgehead atoms. The first-order chi connectivity index (χ1) is 13.9. The third-order valence-corrected chi connectivity index (χ3v) is 7.38. The maximum atomic E-state index is 13.2. The number of rotatable bonds is 4. The predicted molar refractivity (Wildman–Crippen MR) is 108 cm³/mol. The Kier molecular flexibility index (Phi) is 5.10. The summed E-state index contributed by atoms with van der Waals surface area (Å²) in [7, 11) is -3.82. The Morgan fingerprint density at radius 2 is 1.97 bits per heavy atom. The van der Waals surface area contributed by atoms with Crippen LogP contribution in [0.2, 0.25) is 0 Å². The lowest BCUT2D eigenvalue weighted by Gasteiger charge is -2.31. The fourth-order valence-corrected chi connectivity index (χ4v) is 5.29. The number of benzene rings is 2. The van der Waals surface area contributed by atoms with E-state index in [-0.39, 0.29) is 22.9 Å². The third kappa shape index (κ3) is 3.63. The molecule has 0 saturated carbocycles. The van der Waals surface area contributed by atoms with Gasteiger partial charge in [-0.05, 0) is 66.3 Å². The molecule has 1 atom stereocenters. The second-order valence-electron chi connectivity index (χ2n) is 7.33. The van der Waals surface area contributed by atoms with Crippen molar-refractivity contribution >= 4 is 32.7 Å². The zero-order chi connectivity index (χ0) is 20.6. The molecule has 2 heterocycles. The van der Waals surface area contributed by atoms with Crippen LogP contribution in [0.15, 0.2) is 45.9 Å². The summed E-state index contributed by atoms with van der Waals surface area (Å²) >= 11 is 0. The van der Waals surface area contributed by atoms with E-state index in [9.17, 15) is 13.2 Å². The van der Waals surface area contributed by atoms with Crippen molar-refractivity contribution in [2.24, 2.45) is 5.92 Å². The minimum atomic E-state index is -3.82. The molecule has 1 N–H and O–H groups in total. The fourth-order valence-electron chi connectivity index (χ4n) is 3.62. The molecule has 4 rings (SSSR count). The van der Waals surface area contributed by atoms with Gasteiger partial charge in [0.15, 0.2) is 5.52 Å². The lowest BCUT2D eigenvalue weighted by molar-refractivity contribution is -0.120. The van der Waals surface area contributed by atoms with Crippen LogP contribution in [-0.4, -0.2) is 42.0 Å². The summed E-state index contributed by atoms with van der Waals surface area (Å²) in [5.41, 5.74) is 3.44. The van der Waals surface area contributed by atoms with E-state index < -0.39 is 15.9 Å². The van der Waals surface area contributed by atoms with Gasteiger partial charge < -0.3 is 5.32 Å². The Hall–Kier alpha value is -2.78. The number of hydrogen-bond donors (Lipinski definition) is 1. The first kappa shape index (κ1) is 19.5. The number of piperidine rings is 1. The van der Waals surface area contributed by atoms with Crippen molar-refractivity contribution in [2.75, 3.05) is 18.4 Å². The van der Waals surface area contributed by atoms with Crippen LogP contribution in [0.5, 0.6) is 0 Å². The van der Waals surface area contributed by atoms with E-state index in [0.717, 1.165) is 16.8 Å². The lowest BCUT2D eigenvalue weighted by Crippen LogP contribution is -2.43. The molecule has 1 aromatic heterocycles. The Labute approximate surface area is 168 Å². The molecular weight excluding hydrogens is 392 g/mol. The quantitative estimate of drug-likeness (QED) is 0.704. The highest BCUT2D eigenvalue weighted by atomic mass is 32.2. The first-order valence-electron chi connectivity index (χ1n) is 9.46. The third-order valence-electron chi connectivity index (χ3n) is 5.48. The first-order valence-corrected chi connectivity index (χ1v) is 10.9. The Balaban J connectivity index is 1.55. The molecule has 9 heteroatoms. The molecule has 2 aromatic carbocycles. The van der Waals surface area contributed by atoms with Crippen molar-refractivity contribution in [3.63, 3.8) is 0 Å². The van der Waals surface area contributed by atoms with Gasteiger partial charge in [0.2, 0.25) is 15.9 Å². The molecule has 0 unspecified atom stereocenters. The molecule has 1 amide bonds. The topological polar surface area (TPSA) is 105 Å². The van der Waals surface area contributed by atoms with Crippen LogP contribution in [0.3, 0.4) is 0 Å². The Morgan fingerprint density at radius 1 is 1.17 bits per heavy atom. The number of nitrogens with one attached hydrogen (secondary N) is 1. The largest absolute Gasteiger partial charge is 0.326 e. The van der Waals surface area contributed by atoms with Crippen molar-refractivity contribution in [3.8, 4) is 0 Å². The van der Waals surface area contributed by atoms with E-state index in [2.05, 4.69) is 20.3 Å². The van der Waals surface area contributed by atoms with E-state index in [4.69, 9.17) is 0 Å². The highest BCUT2D eigenvalue weighted by Crippen LogP contribution is 2.28. The van der Waals surface area contributed by atoms with Crippen LogP contribution in [-0.2, 0) is 14.8 Å². The maximum Gasteiger partial charge on any atom is 0.245 e. The van der Waals surface area contributed by atoms with Gasteiger partial charge in [0, 0.05) is 18.8 Å². The molecule has 0 aliphatic carbocycles. The summed E-state index contributed by atoms with van der Waals surface area (Å²) < 4.78 is 32.5. The summed E-state index contributed by atoms with van der Waals surface area (Å²) in [6.07, 6.45) is 1.25. The van der Waals surface area contributed by atoms with Gasteiger partial charge in [0.1, 0.15) is 10.4 Å². The van der Waals surface area contributed by atoms with Crippen LogP contribution in [0.25, 0.3) is 11.0 Å². The Morgan fingerprint density at radius 3 is 2.79 bits per heavy atom. The molecule has 0 spiro atoms. The number of aryl methyl sites for hydroxylation is 1. The van der Waals surface area contributed by atoms with Crippen molar-refractivity contribution < 1.29 is 17.8 Å². The van der Waals surface area contributed by atoms with Gasteiger partial charge in [-0.3, -0.25) is 4.79 Å². The van der Waals surface area contributed by atoms with Gasteiger partial charge in [0.25, 0.3) is 0 Å². The average Bonchev–Trinajstić information content (AvgIpc) is 3.20. The van der Waals surface area contributed by atoms with Gasteiger partial charge in [-0.15, -0.1) is 0 Å². The SMILES string of the molecule is Cc1cccc(NC(=O)[C@@H]2CCCN(S(=O)(=O)c3cccc4nonc34)C2)c1C. The number of nitrogens with zero attached hydrogens (tertiary/aromatic N) is 3. The highest BCUT2D eigenvalue weighted by molar-refractivity contribution is 7.89. The number of hydrogen-bond acceptors (Lipinski definition) is 6. The van der Waals surface area contributed by atoms with Gasteiger partial charge in [-0.25, -0.2) is 13.0 Å². The zero-order valence-electron chi connectivity index (χ0n) is 16.3. The van der Waals surface area contributed by atoms with E-state index in [1.165, 1.54) is 10.4 Å². The van der Waals surface area contributed by atoms with Crippen molar-refractivity contribution in [2.45, 2.75) is 31.6 Å². The van der Waals surface area contributed by atoms with E-state index >= 15 is 0 Å². The predicted octanol–water partition coefficient (Wildman–Crippen LogP) is 2.88. The van der Waals surface area contributed by atoms with Gasteiger partial charge in [-0.2, -0.15) is 4.31 Å². The van der Waals surface area contributed by atoms with Gasteiger partial charge in [0.05, 0.1) is 5.92 Å². The molecule has 152 valence electrons. The van der Waals surface area contributed by atoms with E-state index in [0.29, 0.717) is 24.9 Å². The maximum absolute atomic E-state index is 13.2. The van der Waals surface area contributed by atoms with Crippen LogP contribution < -0.4 is 5.32 Å². The molecule has 1 aliphatic rings. The average molecular weight is 414 g/mol. The number of aromatic nitrogens is 2. The minimum absolute atomic E-state index is 0.0480. The van der Waals surface area contributed by atoms with Crippen LogP contribution in [0.1, 0.15) is 24.0 Å². The molecule has 1 saturated heterocycles. The van der Waals surface area contributed by atoms with Crippen molar-refractivity contribution in [1.82, 2.24) is 14.6 Å². The molecule has 8 nitrogen and oxygen atoms in total. The molecule has 29 heavy (non-hydrogen) atoms. The molecule has 1 aliphatic heterocycles. The number of carbonyl (C=O) groups is 1. The van der Waals surface area contributed by atoms with Crippen LogP contribution >= 0.6 is 0 Å². The highest BCUT2D eigenvalue weighted by Gasteiger charge is 2.35. The summed E-state index contributed by atoms with van der Waals surface area (Å²) in [5, 5.41) is 10.4. The van der Waals surface area contributed by atoms with Crippen molar-refractivity contribution in [1.29, 1.82) is 0 Å². The van der Waals surface area contributed by atoms with E-state index in [1.807, 2.05) is 32.0 Å².